The van der Waals surface area contributed by atoms with E-state index >= 15 is 0 Å². The van der Waals surface area contributed by atoms with E-state index < -0.39 is 0 Å². The molecule has 1 aliphatic heterocycles. The molecule has 1 heterocycles. The predicted octanol–water partition coefficient (Wildman–Crippen LogP) is 5.56. The molecule has 0 saturated carbocycles. The molecular formula is C22H21ClN2. The lowest BCUT2D eigenvalue weighted by Crippen LogP contribution is -2.26. The quantitative estimate of drug-likeness (QED) is 0.647. The summed E-state index contributed by atoms with van der Waals surface area (Å²) in [5.41, 5.74) is 11.3. The zero-order valence-electron chi connectivity index (χ0n) is 14.2. The first-order valence-corrected chi connectivity index (χ1v) is 8.99. The minimum absolute atomic E-state index is 0.0641. The van der Waals surface area contributed by atoms with Gasteiger partial charge in [0.1, 0.15) is 0 Å². The van der Waals surface area contributed by atoms with Gasteiger partial charge in [-0.25, -0.2) is 0 Å². The van der Waals surface area contributed by atoms with Gasteiger partial charge in [-0.1, -0.05) is 48.0 Å². The molecule has 3 heteroatoms. The number of nitrogens with one attached hydrogen (secondary N) is 1. The van der Waals surface area contributed by atoms with Crippen molar-refractivity contribution in [3.8, 4) is 0 Å². The number of rotatable bonds is 4. The number of halogens is 1. The maximum Gasteiger partial charge on any atom is 0.0465 e. The summed E-state index contributed by atoms with van der Waals surface area (Å²) in [7, 11) is 0. The Hall–Kier alpha value is -2.29. The van der Waals surface area contributed by atoms with Crippen LogP contribution in [0.2, 0.25) is 5.02 Å². The zero-order valence-corrected chi connectivity index (χ0v) is 14.9. The fourth-order valence-corrected chi connectivity index (χ4v) is 3.78. The smallest absolute Gasteiger partial charge is 0.0465 e. The molecule has 4 rings (SSSR count). The molecule has 2 nitrogen and oxygen atoms in total. The van der Waals surface area contributed by atoms with Crippen LogP contribution < -0.4 is 11.1 Å². The maximum absolute atomic E-state index is 6.37. The minimum Gasteiger partial charge on any atom is -0.361 e. The van der Waals surface area contributed by atoms with Gasteiger partial charge in [0.15, 0.2) is 0 Å². The summed E-state index contributed by atoms with van der Waals surface area (Å²) in [5.74, 6) is 0.258. The second kappa shape index (κ2) is 6.55. The van der Waals surface area contributed by atoms with E-state index in [-0.39, 0.29) is 12.0 Å². The van der Waals surface area contributed by atoms with Crippen molar-refractivity contribution in [2.45, 2.75) is 25.3 Å². The van der Waals surface area contributed by atoms with Crippen LogP contribution in [0.4, 0.5) is 5.69 Å². The third kappa shape index (κ3) is 3.15. The van der Waals surface area contributed by atoms with E-state index in [4.69, 9.17) is 17.3 Å². The van der Waals surface area contributed by atoms with Crippen molar-refractivity contribution in [3.05, 3.63) is 82.5 Å². The van der Waals surface area contributed by atoms with Gasteiger partial charge in [0.25, 0.3) is 0 Å². The molecule has 2 atom stereocenters. The van der Waals surface area contributed by atoms with Crippen molar-refractivity contribution in [2.24, 2.45) is 5.73 Å². The Morgan fingerprint density at radius 3 is 2.64 bits per heavy atom. The van der Waals surface area contributed by atoms with Crippen LogP contribution in [0.5, 0.6) is 0 Å². The van der Waals surface area contributed by atoms with Gasteiger partial charge in [-0.3, -0.25) is 0 Å². The first-order chi connectivity index (χ1) is 12.1. The van der Waals surface area contributed by atoms with Crippen molar-refractivity contribution in [2.75, 3.05) is 5.32 Å². The molecule has 3 N–H and O–H groups in total. The highest BCUT2D eigenvalue weighted by molar-refractivity contribution is 6.30. The molecule has 0 fully saturated rings. The fourth-order valence-electron chi connectivity index (χ4n) is 3.65. The summed E-state index contributed by atoms with van der Waals surface area (Å²) < 4.78 is 0. The van der Waals surface area contributed by atoms with Crippen LogP contribution in [-0.4, -0.2) is 6.04 Å². The van der Waals surface area contributed by atoms with E-state index in [1.165, 1.54) is 27.5 Å². The maximum atomic E-state index is 6.37. The number of hydrogen-bond donors (Lipinski definition) is 2. The van der Waals surface area contributed by atoms with Crippen LogP contribution >= 0.6 is 11.6 Å². The SMILES string of the molecule is CC(N)C(Cc1ccc(Cl)cc1)c1cc2c3c(cccc3c1)NC=C2. The zero-order chi connectivity index (χ0) is 17.4. The van der Waals surface area contributed by atoms with Gasteiger partial charge in [0.05, 0.1) is 0 Å². The topological polar surface area (TPSA) is 38.0 Å². The summed E-state index contributed by atoms with van der Waals surface area (Å²) in [6.45, 7) is 2.09. The molecule has 0 radical (unpaired) electrons. The molecule has 0 aliphatic carbocycles. The Morgan fingerprint density at radius 2 is 1.88 bits per heavy atom. The van der Waals surface area contributed by atoms with Crippen molar-refractivity contribution < 1.29 is 0 Å². The monoisotopic (exact) mass is 348 g/mol. The van der Waals surface area contributed by atoms with E-state index in [1.54, 1.807) is 0 Å². The molecule has 3 aromatic carbocycles. The summed E-state index contributed by atoms with van der Waals surface area (Å²) in [6, 6.07) is 19.1. The average Bonchev–Trinajstić information content (AvgIpc) is 2.61. The molecule has 1 aliphatic rings. The summed E-state index contributed by atoms with van der Waals surface area (Å²) in [5, 5.41) is 6.63. The van der Waals surface area contributed by atoms with E-state index in [0.29, 0.717) is 0 Å². The first kappa shape index (κ1) is 16.2. The van der Waals surface area contributed by atoms with Crippen molar-refractivity contribution in [3.63, 3.8) is 0 Å². The van der Waals surface area contributed by atoms with Crippen LogP contribution in [0.25, 0.3) is 16.8 Å². The van der Waals surface area contributed by atoms with Gasteiger partial charge >= 0.3 is 0 Å². The Balaban J connectivity index is 1.77. The van der Waals surface area contributed by atoms with E-state index in [0.717, 1.165) is 17.1 Å². The van der Waals surface area contributed by atoms with Crippen molar-refractivity contribution in [1.82, 2.24) is 0 Å². The molecule has 0 amide bonds. The first-order valence-electron chi connectivity index (χ1n) is 8.61. The lowest BCUT2D eigenvalue weighted by molar-refractivity contribution is 0.565. The normalized spacial score (nSPS) is 15.0. The molecule has 3 aromatic rings. The standard InChI is InChI=1S/C22H21ClN2/c1-14(24)20(11-15-5-7-19(23)8-6-15)18-12-16-3-2-4-21-22(16)17(13-18)9-10-25-21/h2-10,12-14,20,25H,11,24H2,1H3. The lowest BCUT2D eigenvalue weighted by atomic mass is 9.84. The molecule has 2 unspecified atom stereocenters. The molecule has 0 spiro atoms. The van der Waals surface area contributed by atoms with Gasteiger partial charge in [-0.15, -0.1) is 0 Å². The predicted molar refractivity (Wildman–Crippen MR) is 108 cm³/mol. The lowest BCUT2D eigenvalue weighted by Gasteiger charge is -2.24. The van der Waals surface area contributed by atoms with Crippen LogP contribution in [-0.2, 0) is 6.42 Å². The molecule has 126 valence electrons. The van der Waals surface area contributed by atoms with Crippen molar-refractivity contribution >= 4 is 34.1 Å². The van der Waals surface area contributed by atoms with Crippen LogP contribution in [0.1, 0.15) is 29.5 Å². The molecular weight excluding hydrogens is 328 g/mol. The average molecular weight is 349 g/mol. The van der Waals surface area contributed by atoms with Gasteiger partial charge in [0, 0.05) is 34.3 Å². The number of nitrogens with two attached hydrogens (primary N) is 1. The number of hydrogen-bond acceptors (Lipinski definition) is 2. The van der Waals surface area contributed by atoms with E-state index in [1.807, 2.05) is 18.3 Å². The second-order valence-corrected chi connectivity index (χ2v) is 7.22. The molecule has 0 saturated heterocycles. The van der Waals surface area contributed by atoms with Gasteiger partial charge in [0.2, 0.25) is 0 Å². The van der Waals surface area contributed by atoms with Gasteiger partial charge in [-0.2, -0.15) is 0 Å². The second-order valence-electron chi connectivity index (χ2n) is 6.79. The fraction of sp³-hybridized carbons (Fsp3) is 0.182. The third-order valence-corrected chi connectivity index (χ3v) is 5.22. The van der Waals surface area contributed by atoms with E-state index in [2.05, 4.69) is 60.8 Å². The van der Waals surface area contributed by atoms with Crippen LogP contribution in [0.3, 0.4) is 0 Å². The number of benzene rings is 3. The Kier molecular flexibility index (Phi) is 4.24. The largest absolute Gasteiger partial charge is 0.361 e. The summed E-state index contributed by atoms with van der Waals surface area (Å²) >= 11 is 6.02. The van der Waals surface area contributed by atoms with Crippen LogP contribution in [0.15, 0.2) is 60.8 Å². The summed E-state index contributed by atoms with van der Waals surface area (Å²) in [4.78, 5) is 0. The van der Waals surface area contributed by atoms with Gasteiger partial charge in [-0.05, 0) is 59.7 Å². The van der Waals surface area contributed by atoms with E-state index in [9.17, 15) is 0 Å². The highest BCUT2D eigenvalue weighted by atomic mass is 35.5. The minimum atomic E-state index is 0.0641. The molecule has 0 bridgehead atoms. The van der Waals surface area contributed by atoms with Gasteiger partial charge < -0.3 is 11.1 Å². The highest BCUT2D eigenvalue weighted by Crippen LogP contribution is 2.35. The Labute approximate surface area is 153 Å². The molecule has 25 heavy (non-hydrogen) atoms. The van der Waals surface area contributed by atoms with Crippen LogP contribution in [0, 0.1) is 0 Å². The number of anilines is 1. The Morgan fingerprint density at radius 1 is 1.08 bits per heavy atom. The molecule has 0 aromatic heterocycles. The third-order valence-electron chi connectivity index (χ3n) is 4.96. The van der Waals surface area contributed by atoms with Crippen molar-refractivity contribution in [1.29, 1.82) is 0 Å². The Bertz CT molecular complexity index is 942. The highest BCUT2D eigenvalue weighted by Gasteiger charge is 2.19. The summed E-state index contributed by atoms with van der Waals surface area (Å²) in [6.07, 6.45) is 5.04.